The van der Waals surface area contributed by atoms with Crippen molar-refractivity contribution in [1.29, 1.82) is 0 Å². The second-order valence-corrected chi connectivity index (χ2v) is 4.65. The van der Waals surface area contributed by atoms with E-state index >= 15 is 0 Å². The minimum atomic E-state index is -0.425. The number of rotatable bonds is 4. The van der Waals surface area contributed by atoms with Crippen LogP contribution in [0, 0.1) is 11.6 Å². The van der Waals surface area contributed by atoms with Crippen LogP contribution in [0.5, 0.6) is 0 Å². The SMILES string of the molecule is CNC(Cc1cncs1)c1cc(F)ccc1F. The van der Waals surface area contributed by atoms with E-state index in [1.807, 2.05) is 0 Å². The molecule has 1 N–H and O–H groups in total. The van der Waals surface area contributed by atoms with Gasteiger partial charge in [-0.05, 0) is 25.2 Å². The molecule has 2 nitrogen and oxygen atoms in total. The Morgan fingerprint density at radius 3 is 2.88 bits per heavy atom. The quantitative estimate of drug-likeness (QED) is 0.907. The van der Waals surface area contributed by atoms with Crippen molar-refractivity contribution in [3.63, 3.8) is 0 Å². The highest BCUT2D eigenvalue weighted by atomic mass is 32.1. The molecule has 90 valence electrons. The van der Waals surface area contributed by atoms with Gasteiger partial charge in [-0.15, -0.1) is 11.3 Å². The minimum absolute atomic E-state index is 0.244. The van der Waals surface area contributed by atoms with Crippen LogP contribution in [0.25, 0.3) is 0 Å². The Kier molecular flexibility index (Phi) is 3.81. The molecular weight excluding hydrogens is 242 g/mol. The fourth-order valence-corrected chi connectivity index (χ4v) is 2.34. The molecule has 0 amide bonds. The number of nitrogens with one attached hydrogen (secondary N) is 1. The molecule has 0 aliphatic rings. The van der Waals surface area contributed by atoms with Crippen LogP contribution >= 0.6 is 11.3 Å². The maximum absolute atomic E-state index is 13.6. The first-order valence-electron chi connectivity index (χ1n) is 5.20. The van der Waals surface area contributed by atoms with Crippen LogP contribution in [-0.4, -0.2) is 12.0 Å². The number of thiazole rings is 1. The topological polar surface area (TPSA) is 24.9 Å². The maximum Gasteiger partial charge on any atom is 0.128 e. The largest absolute Gasteiger partial charge is 0.313 e. The number of hydrogen-bond acceptors (Lipinski definition) is 3. The number of nitrogens with zero attached hydrogens (tertiary/aromatic N) is 1. The second kappa shape index (κ2) is 5.33. The molecule has 0 aliphatic carbocycles. The molecule has 17 heavy (non-hydrogen) atoms. The second-order valence-electron chi connectivity index (χ2n) is 3.68. The van der Waals surface area contributed by atoms with E-state index in [1.54, 1.807) is 18.8 Å². The Labute approximate surface area is 102 Å². The highest BCUT2D eigenvalue weighted by molar-refractivity contribution is 7.09. The van der Waals surface area contributed by atoms with Gasteiger partial charge in [0.05, 0.1) is 5.51 Å². The predicted octanol–water partition coefficient (Wildman–Crippen LogP) is 2.92. The third-order valence-electron chi connectivity index (χ3n) is 2.57. The van der Waals surface area contributed by atoms with Crippen molar-refractivity contribution in [2.24, 2.45) is 0 Å². The molecule has 1 unspecified atom stereocenters. The normalized spacial score (nSPS) is 12.6. The Hall–Kier alpha value is -1.33. The summed E-state index contributed by atoms with van der Waals surface area (Å²) < 4.78 is 26.7. The lowest BCUT2D eigenvalue weighted by molar-refractivity contribution is 0.524. The number of benzene rings is 1. The third kappa shape index (κ3) is 2.87. The van der Waals surface area contributed by atoms with E-state index < -0.39 is 11.6 Å². The zero-order chi connectivity index (χ0) is 12.3. The predicted molar refractivity (Wildman–Crippen MR) is 64.0 cm³/mol. The van der Waals surface area contributed by atoms with Gasteiger partial charge in [-0.25, -0.2) is 8.78 Å². The van der Waals surface area contributed by atoms with Gasteiger partial charge >= 0.3 is 0 Å². The van der Waals surface area contributed by atoms with Crippen molar-refractivity contribution in [2.45, 2.75) is 12.5 Å². The van der Waals surface area contributed by atoms with Gasteiger partial charge in [0.2, 0.25) is 0 Å². The molecule has 1 aromatic heterocycles. The Bertz CT molecular complexity index is 485. The van der Waals surface area contributed by atoms with Crippen LogP contribution in [0.2, 0.25) is 0 Å². The molecular formula is C12H12F2N2S. The van der Waals surface area contributed by atoms with Gasteiger partial charge in [-0.2, -0.15) is 0 Å². The monoisotopic (exact) mass is 254 g/mol. The van der Waals surface area contributed by atoms with E-state index in [0.717, 1.165) is 17.0 Å². The van der Waals surface area contributed by atoms with Crippen molar-refractivity contribution >= 4 is 11.3 Å². The molecule has 1 atom stereocenters. The van der Waals surface area contributed by atoms with Crippen molar-refractivity contribution < 1.29 is 8.78 Å². The van der Waals surface area contributed by atoms with Crippen LogP contribution < -0.4 is 5.32 Å². The van der Waals surface area contributed by atoms with Crippen molar-refractivity contribution in [3.8, 4) is 0 Å². The van der Waals surface area contributed by atoms with E-state index in [1.165, 1.54) is 17.4 Å². The minimum Gasteiger partial charge on any atom is -0.313 e. The van der Waals surface area contributed by atoms with E-state index in [2.05, 4.69) is 10.3 Å². The summed E-state index contributed by atoms with van der Waals surface area (Å²) in [7, 11) is 1.73. The fraction of sp³-hybridized carbons (Fsp3) is 0.250. The van der Waals surface area contributed by atoms with Crippen molar-refractivity contribution in [1.82, 2.24) is 10.3 Å². The Balaban J connectivity index is 2.25. The first-order chi connectivity index (χ1) is 8.20. The number of hydrogen-bond donors (Lipinski definition) is 1. The summed E-state index contributed by atoms with van der Waals surface area (Å²) in [6.45, 7) is 0. The molecule has 0 saturated heterocycles. The lowest BCUT2D eigenvalue weighted by Gasteiger charge is -2.16. The maximum atomic E-state index is 13.6. The van der Waals surface area contributed by atoms with Crippen LogP contribution in [0.15, 0.2) is 29.9 Å². The van der Waals surface area contributed by atoms with Crippen LogP contribution in [0.3, 0.4) is 0 Å². The molecule has 0 bridgehead atoms. The molecule has 2 rings (SSSR count). The molecule has 2 aromatic rings. The highest BCUT2D eigenvalue weighted by Gasteiger charge is 2.16. The van der Waals surface area contributed by atoms with E-state index in [4.69, 9.17) is 0 Å². The molecule has 5 heteroatoms. The molecule has 0 aliphatic heterocycles. The lowest BCUT2D eigenvalue weighted by atomic mass is 10.0. The summed E-state index contributed by atoms with van der Waals surface area (Å²) in [5, 5.41) is 3.00. The molecule has 0 spiro atoms. The smallest absolute Gasteiger partial charge is 0.128 e. The number of halogens is 2. The van der Waals surface area contributed by atoms with Gasteiger partial charge in [0.1, 0.15) is 11.6 Å². The third-order valence-corrected chi connectivity index (χ3v) is 3.37. The van der Waals surface area contributed by atoms with Gasteiger partial charge < -0.3 is 5.32 Å². The molecule has 0 fully saturated rings. The summed E-state index contributed by atoms with van der Waals surface area (Å²) in [5.74, 6) is -0.818. The van der Waals surface area contributed by atoms with Gasteiger partial charge in [-0.1, -0.05) is 0 Å². The Morgan fingerprint density at radius 1 is 1.41 bits per heavy atom. The number of likely N-dealkylation sites (N-methyl/N-ethyl adjacent to an activating group) is 1. The first kappa shape index (κ1) is 12.1. The van der Waals surface area contributed by atoms with E-state index in [9.17, 15) is 8.78 Å². The van der Waals surface area contributed by atoms with Gasteiger partial charge in [0.15, 0.2) is 0 Å². The average Bonchev–Trinajstić information content (AvgIpc) is 2.82. The molecule has 1 heterocycles. The number of aromatic nitrogens is 1. The first-order valence-corrected chi connectivity index (χ1v) is 6.08. The van der Waals surface area contributed by atoms with Gasteiger partial charge in [0, 0.05) is 29.1 Å². The average molecular weight is 254 g/mol. The van der Waals surface area contributed by atoms with Crippen LogP contribution in [0.1, 0.15) is 16.5 Å². The van der Waals surface area contributed by atoms with E-state index in [-0.39, 0.29) is 6.04 Å². The summed E-state index contributed by atoms with van der Waals surface area (Å²) in [6.07, 6.45) is 2.34. The summed E-state index contributed by atoms with van der Waals surface area (Å²) in [6, 6.07) is 3.27. The van der Waals surface area contributed by atoms with Gasteiger partial charge in [0.25, 0.3) is 0 Å². The summed E-state index contributed by atoms with van der Waals surface area (Å²) >= 11 is 1.50. The summed E-state index contributed by atoms with van der Waals surface area (Å²) in [4.78, 5) is 5.00. The molecule has 1 aromatic carbocycles. The summed E-state index contributed by atoms with van der Waals surface area (Å²) in [5.41, 5.74) is 2.07. The molecule has 0 radical (unpaired) electrons. The molecule has 0 saturated carbocycles. The highest BCUT2D eigenvalue weighted by Crippen LogP contribution is 2.23. The van der Waals surface area contributed by atoms with Crippen molar-refractivity contribution in [2.75, 3.05) is 7.05 Å². The zero-order valence-corrected chi connectivity index (χ0v) is 10.1. The van der Waals surface area contributed by atoms with Crippen LogP contribution in [-0.2, 0) is 6.42 Å². The van der Waals surface area contributed by atoms with Crippen LogP contribution in [0.4, 0.5) is 8.78 Å². The van der Waals surface area contributed by atoms with E-state index in [0.29, 0.717) is 12.0 Å². The zero-order valence-electron chi connectivity index (χ0n) is 9.28. The standard InChI is InChI=1S/C12H12F2N2S/c1-15-12(5-9-6-16-7-17-9)10-4-8(13)2-3-11(10)14/h2-4,6-7,12,15H,5H2,1H3. The van der Waals surface area contributed by atoms with Crippen molar-refractivity contribution in [3.05, 3.63) is 52.0 Å². The Morgan fingerprint density at radius 2 is 2.24 bits per heavy atom. The lowest BCUT2D eigenvalue weighted by Crippen LogP contribution is -2.20. The van der Waals surface area contributed by atoms with Gasteiger partial charge in [-0.3, -0.25) is 4.98 Å². The fourth-order valence-electron chi connectivity index (χ4n) is 1.69.